The number of β-amino-alcohol motifs (C(OH)–C–C–N with tert-alkyl or cyclic N) is 1. The predicted octanol–water partition coefficient (Wildman–Crippen LogP) is -0.158. The monoisotopic (exact) mass is 422 g/mol. The molecule has 30 heavy (non-hydrogen) atoms. The first-order valence-corrected chi connectivity index (χ1v) is 10.6. The molecular weight excluding hydrogens is 388 g/mol. The number of hydrogen-bond acceptors (Lipinski definition) is 7. The number of likely N-dealkylation sites (N-methyl/N-ethyl adjacent to an activating group) is 1. The summed E-state index contributed by atoms with van der Waals surface area (Å²) in [5.41, 5.74) is 0.296. The van der Waals surface area contributed by atoms with E-state index < -0.39 is 23.6 Å². The van der Waals surface area contributed by atoms with Gasteiger partial charge in [0.1, 0.15) is 12.1 Å². The lowest BCUT2D eigenvalue weighted by molar-refractivity contribution is -0.144. The molecule has 0 aromatic carbocycles. The molecule has 2 aliphatic rings. The lowest BCUT2D eigenvalue weighted by Crippen LogP contribution is -2.49. The van der Waals surface area contributed by atoms with Gasteiger partial charge in [0.05, 0.1) is 18.0 Å². The fraction of sp³-hybridized carbons (Fsp3) is 0.800. The zero-order valence-corrected chi connectivity index (χ0v) is 18.3. The number of ether oxygens (including phenoxy) is 1. The molecule has 10 heteroatoms. The molecule has 3 N–H and O–H groups in total. The lowest BCUT2D eigenvalue weighted by atomic mass is 9.85. The number of aliphatic hydroxyl groups excluding tert-OH is 1. The van der Waals surface area contributed by atoms with E-state index in [0.29, 0.717) is 12.6 Å². The summed E-state index contributed by atoms with van der Waals surface area (Å²) < 4.78 is 6.97. The van der Waals surface area contributed by atoms with Crippen LogP contribution in [0.4, 0.5) is 0 Å². The highest BCUT2D eigenvalue weighted by molar-refractivity contribution is 5.90. The summed E-state index contributed by atoms with van der Waals surface area (Å²) in [7, 11) is 1.53. The van der Waals surface area contributed by atoms with Crippen LogP contribution in [-0.4, -0.2) is 81.8 Å². The predicted molar refractivity (Wildman–Crippen MR) is 109 cm³/mol. The molecule has 0 bridgehead atoms. The van der Waals surface area contributed by atoms with Crippen molar-refractivity contribution in [1.29, 1.82) is 0 Å². The Labute approximate surface area is 177 Å². The number of nitrogens with zero attached hydrogens (tertiary/aromatic N) is 4. The van der Waals surface area contributed by atoms with Crippen LogP contribution in [0.3, 0.4) is 0 Å². The van der Waals surface area contributed by atoms with Crippen molar-refractivity contribution >= 4 is 11.8 Å². The van der Waals surface area contributed by atoms with Crippen molar-refractivity contribution < 1.29 is 19.4 Å². The van der Waals surface area contributed by atoms with E-state index in [-0.39, 0.29) is 24.8 Å². The summed E-state index contributed by atoms with van der Waals surface area (Å²) in [6, 6.07) is -0.928. The number of aromatic nitrogens is 3. The first-order chi connectivity index (χ1) is 14.2. The Kier molecular flexibility index (Phi) is 7.10. The van der Waals surface area contributed by atoms with Gasteiger partial charge in [-0.2, -0.15) is 0 Å². The molecule has 3 heterocycles. The summed E-state index contributed by atoms with van der Waals surface area (Å²) in [5, 5.41) is 24.6. The summed E-state index contributed by atoms with van der Waals surface area (Å²) in [6.45, 7) is 8.10. The highest BCUT2D eigenvalue weighted by atomic mass is 16.5. The Morgan fingerprint density at radius 1 is 1.33 bits per heavy atom. The van der Waals surface area contributed by atoms with Gasteiger partial charge in [-0.1, -0.05) is 26.0 Å². The van der Waals surface area contributed by atoms with Crippen molar-refractivity contribution in [2.75, 3.05) is 26.8 Å². The van der Waals surface area contributed by atoms with E-state index in [1.807, 2.05) is 20.8 Å². The molecule has 3 atom stereocenters. The maximum absolute atomic E-state index is 13.5. The Morgan fingerprint density at radius 3 is 2.67 bits per heavy atom. The molecule has 0 aliphatic carbocycles. The second-order valence-corrected chi connectivity index (χ2v) is 9.24. The van der Waals surface area contributed by atoms with E-state index in [0.717, 1.165) is 31.7 Å². The molecule has 0 saturated carbocycles. The molecule has 2 fully saturated rings. The lowest BCUT2D eigenvalue weighted by Gasteiger charge is -2.34. The van der Waals surface area contributed by atoms with Crippen LogP contribution in [0.25, 0.3) is 0 Å². The number of carbonyl (C=O) groups is 2. The largest absolute Gasteiger partial charge is 0.391 e. The van der Waals surface area contributed by atoms with Crippen molar-refractivity contribution in [1.82, 2.24) is 30.5 Å². The second kappa shape index (κ2) is 9.40. The molecule has 10 nitrogen and oxygen atoms in total. The minimum absolute atomic E-state index is 0.135. The van der Waals surface area contributed by atoms with Crippen molar-refractivity contribution in [3.8, 4) is 0 Å². The van der Waals surface area contributed by atoms with E-state index in [4.69, 9.17) is 4.74 Å². The van der Waals surface area contributed by atoms with Gasteiger partial charge in [0, 0.05) is 45.8 Å². The van der Waals surface area contributed by atoms with Crippen LogP contribution in [0, 0.1) is 5.41 Å². The molecular formula is C20H34N6O4. The van der Waals surface area contributed by atoms with Gasteiger partial charge in [0.15, 0.2) is 0 Å². The first-order valence-electron chi connectivity index (χ1n) is 10.6. The Balaban J connectivity index is 1.75. The molecule has 3 rings (SSSR count). The van der Waals surface area contributed by atoms with E-state index in [9.17, 15) is 14.7 Å². The molecule has 2 saturated heterocycles. The Morgan fingerprint density at radius 2 is 2.03 bits per heavy atom. The van der Waals surface area contributed by atoms with Crippen LogP contribution in [-0.2, 0) is 20.9 Å². The van der Waals surface area contributed by atoms with E-state index in [1.54, 1.807) is 10.9 Å². The number of nitrogens with one attached hydrogen (secondary N) is 2. The highest BCUT2D eigenvalue weighted by Crippen LogP contribution is 2.34. The van der Waals surface area contributed by atoms with Gasteiger partial charge in [-0.15, -0.1) is 5.10 Å². The highest BCUT2D eigenvalue weighted by Gasteiger charge is 2.45. The van der Waals surface area contributed by atoms with Gasteiger partial charge in [-0.05, 0) is 18.3 Å². The van der Waals surface area contributed by atoms with E-state index >= 15 is 0 Å². The molecule has 0 spiro atoms. The Hall–Kier alpha value is -2.04. The number of amides is 2. The average Bonchev–Trinajstić information content (AvgIpc) is 3.32. The smallest absolute Gasteiger partial charge is 0.248 e. The van der Waals surface area contributed by atoms with Gasteiger partial charge in [-0.25, -0.2) is 4.68 Å². The third-order valence-corrected chi connectivity index (χ3v) is 5.78. The quantitative estimate of drug-likeness (QED) is 0.582. The van der Waals surface area contributed by atoms with Crippen LogP contribution in [0.1, 0.15) is 51.8 Å². The average molecular weight is 423 g/mol. The zero-order valence-electron chi connectivity index (χ0n) is 18.3. The summed E-state index contributed by atoms with van der Waals surface area (Å²) >= 11 is 0. The van der Waals surface area contributed by atoms with E-state index in [1.165, 1.54) is 11.9 Å². The topological polar surface area (TPSA) is 122 Å². The molecule has 2 amide bonds. The maximum atomic E-state index is 13.5. The van der Waals surface area contributed by atoms with Gasteiger partial charge in [0.25, 0.3) is 0 Å². The number of aliphatic hydroxyl groups is 1. The first kappa shape index (κ1) is 22.6. The number of rotatable bonds is 6. The van der Waals surface area contributed by atoms with Crippen LogP contribution in [0.5, 0.6) is 0 Å². The third-order valence-electron chi connectivity index (χ3n) is 5.78. The standard InChI is InChI=1S/C20H34N6O4/c1-20(2,3)17(19(29)25-12-15(27)9-16(25)18(28)21-4)26-11-14(23-24-26)10-22-13-5-7-30-8-6-13/h11,13,15-17,22,27H,5-10,12H2,1-4H3,(H,21,28)/t15-,16+,17-/m1/s1. The van der Waals surface area contributed by atoms with Gasteiger partial charge >= 0.3 is 0 Å². The molecule has 0 unspecified atom stereocenters. The van der Waals surface area contributed by atoms with Crippen LogP contribution in [0.2, 0.25) is 0 Å². The number of hydrogen-bond donors (Lipinski definition) is 3. The van der Waals surface area contributed by atoms with Crippen LogP contribution >= 0.6 is 0 Å². The van der Waals surface area contributed by atoms with Crippen molar-refractivity contribution in [3.05, 3.63) is 11.9 Å². The van der Waals surface area contributed by atoms with Gasteiger partial charge < -0.3 is 25.4 Å². The minimum Gasteiger partial charge on any atom is -0.391 e. The number of carbonyl (C=O) groups excluding carboxylic acids is 2. The van der Waals surface area contributed by atoms with Crippen LogP contribution < -0.4 is 10.6 Å². The molecule has 168 valence electrons. The summed E-state index contributed by atoms with van der Waals surface area (Å²) in [6.07, 6.45) is 3.25. The maximum Gasteiger partial charge on any atom is 0.248 e. The fourth-order valence-electron chi connectivity index (χ4n) is 4.18. The van der Waals surface area contributed by atoms with Crippen molar-refractivity contribution in [2.24, 2.45) is 5.41 Å². The third kappa shape index (κ3) is 5.16. The summed E-state index contributed by atoms with van der Waals surface area (Å²) in [4.78, 5) is 27.2. The van der Waals surface area contributed by atoms with Gasteiger partial charge in [0.2, 0.25) is 11.8 Å². The second-order valence-electron chi connectivity index (χ2n) is 9.24. The summed E-state index contributed by atoms with van der Waals surface area (Å²) in [5.74, 6) is -0.506. The molecule has 0 radical (unpaired) electrons. The molecule has 2 aliphatic heterocycles. The molecule has 1 aromatic heterocycles. The normalized spacial score (nSPS) is 24.1. The Bertz CT molecular complexity index is 740. The molecule has 1 aromatic rings. The number of likely N-dealkylation sites (tertiary alicyclic amines) is 1. The van der Waals surface area contributed by atoms with E-state index in [2.05, 4.69) is 20.9 Å². The fourth-order valence-corrected chi connectivity index (χ4v) is 4.18. The minimum atomic E-state index is -0.716. The van der Waals surface area contributed by atoms with Crippen molar-refractivity contribution in [2.45, 2.75) is 70.8 Å². The zero-order chi connectivity index (χ0) is 21.9. The van der Waals surface area contributed by atoms with Crippen molar-refractivity contribution in [3.63, 3.8) is 0 Å². The van der Waals surface area contributed by atoms with Gasteiger partial charge in [-0.3, -0.25) is 9.59 Å². The SMILES string of the molecule is CNC(=O)[C@@H]1C[C@@H](O)CN1C(=O)[C@@H](n1cc(CNC2CCOCC2)nn1)C(C)(C)C. The van der Waals surface area contributed by atoms with Crippen LogP contribution in [0.15, 0.2) is 6.20 Å².